The van der Waals surface area contributed by atoms with E-state index in [1.807, 2.05) is 30.3 Å². The van der Waals surface area contributed by atoms with Crippen molar-refractivity contribution in [1.82, 2.24) is 5.01 Å². The molecule has 0 N–H and O–H groups in total. The fourth-order valence-corrected chi connectivity index (χ4v) is 4.23. The van der Waals surface area contributed by atoms with Crippen molar-refractivity contribution >= 4 is 45.5 Å². The van der Waals surface area contributed by atoms with Crippen molar-refractivity contribution in [2.75, 3.05) is 18.0 Å². The molecule has 2 amide bonds. The van der Waals surface area contributed by atoms with Crippen molar-refractivity contribution in [2.24, 2.45) is 5.10 Å². The van der Waals surface area contributed by atoms with Crippen LogP contribution in [0.5, 0.6) is 0 Å². The van der Waals surface area contributed by atoms with Crippen LogP contribution in [0, 0.1) is 0 Å². The van der Waals surface area contributed by atoms with Crippen LogP contribution in [-0.4, -0.2) is 36.1 Å². The second-order valence-electron chi connectivity index (χ2n) is 7.76. The molecule has 1 aromatic heterocycles. The van der Waals surface area contributed by atoms with E-state index in [-0.39, 0.29) is 5.56 Å². The molecule has 0 atom stereocenters. The van der Waals surface area contributed by atoms with E-state index in [4.69, 9.17) is 4.42 Å². The average molecular weight is 439 g/mol. The van der Waals surface area contributed by atoms with E-state index in [0.717, 1.165) is 34.6 Å². The topological polar surface area (TPSA) is 83.2 Å². The summed E-state index contributed by atoms with van der Waals surface area (Å²) in [6.07, 6.45) is 1.20. The molecule has 0 saturated heterocycles. The molecule has 4 aromatic rings. The number of hydrogen-bond donors (Lipinski definition) is 0. The quantitative estimate of drug-likeness (QED) is 0.261. The minimum Gasteiger partial charge on any atom is -0.422 e. The molecule has 5 rings (SSSR count). The van der Waals surface area contributed by atoms with E-state index < -0.39 is 17.4 Å². The first-order valence-corrected chi connectivity index (χ1v) is 10.8. The van der Waals surface area contributed by atoms with Gasteiger partial charge < -0.3 is 9.32 Å². The molecule has 164 valence electrons. The molecule has 0 spiro atoms. The molecule has 0 aliphatic carbocycles. The number of hydrazone groups is 1. The minimum absolute atomic E-state index is 0.149. The van der Waals surface area contributed by atoms with Gasteiger partial charge in [0.25, 0.3) is 11.8 Å². The van der Waals surface area contributed by atoms with Crippen LogP contribution in [-0.2, 0) is 0 Å². The summed E-state index contributed by atoms with van der Waals surface area (Å²) in [6, 6.07) is 17.9. The van der Waals surface area contributed by atoms with Crippen LogP contribution in [0.4, 0.5) is 5.69 Å². The van der Waals surface area contributed by atoms with Gasteiger partial charge in [0.1, 0.15) is 5.58 Å². The van der Waals surface area contributed by atoms with Gasteiger partial charge in [-0.05, 0) is 49.6 Å². The number of rotatable bonds is 5. The lowest BCUT2D eigenvalue weighted by atomic mass is 9.95. The Labute approximate surface area is 189 Å². The highest BCUT2D eigenvalue weighted by Gasteiger charge is 2.32. The third-order valence-electron chi connectivity index (χ3n) is 5.94. The number of carbonyl (C=O) groups is 2. The van der Waals surface area contributed by atoms with E-state index in [0.29, 0.717) is 22.1 Å². The third-order valence-corrected chi connectivity index (χ3v) is 5.94. The summed E-state index contributed by atoms with van der Waals surface area (Å²) in [4.78, 5) is 40.7. The van der Waals surface area contributed by atoms with Crippen molar-refractivity contribution < 1.29 is 14.0 Å². The van der Waals surface area contributed by atoms with Crippen LogP contribution in [0.2, 0.25) is 0 Å². The number of carbonyl (C=O) groups excluding carboxylic acids is 2. The van der Waals surface area contributed by atoms with Crippen molar-refractivity contribution in [2.45, 2.75) is 13.8 Å². The van der Waals surface area contributed by atoms with E-state index in [1.54, 1.807) is 30.3 Å². The maximum atomic E-state index is 13.0. The summed E-state index contributed by atoms with van der Waals surface area (Å²) < 4.78 is 5.51. The SMILES string of the molecule is CCN(CC)c1ccc2cc(/C=N/N3C(=O)c4cccc5cccc(c45)C3=O)c(=O)oc2c1. The molecule has 7 nitrogen and oxygen atoms in total. The highest BCUT2D eigenvalue weighted by atomic mass is 16.4. The van der Waals surface area contributed by atoms with Crippen molar-refractivity contribution in [3.05, 3.63) is 87.8 Å². The fourth-order valence-electron chi connectivity index (χ4n) is 4.23. The second-order valence-corrected chi connectivity index (χ2v) is 7.76. The van der Waals surface area contributed by atoms with E-state index in [9.17, 15) is 14.4 Å². The Morgan fingerprint density at radius 1 is 0.879 bits per heavy atom. The van der Waals surface area contributed by atoms with Crippen LogP contribution in [0.1, 0.15) is 40.1 Å². The van der Waals surface area contributed by atoms with Gasteiger partial charge in [-0.3, -0.25) is 9.59 Å². The molecule has 0 radical (unpaired) electrons. The molecule has 0 saturated carbocycles. The van der Waals surface area contributed by atoms with Crippen molar-refractivity contribution in [3.63, 3.8) is 0 Å². The van der Waals surface area contributed by atoms with Crippen LogP contribution in [0.15, 0.2) is 75.0 Å². The largest absolute Gasteiger partial charge is 0.422 e. The number of nitrogens with zero attached hydrogens (tertiary/aromatic N) is 3. The van der Waals surface area contributed by atoms with Crippen LogP contribution < -0.4 is 10.5 Å². The number of amides is 2. The Morgan fingerprint density at radius 3 is 2.18 bits per heavy atom. The molecule has 1 aliphatic heterocycles. The van der Waals surface area contributed by atoms with Gasteiger partial charge in [-0.15, -0.1) is 0 Å². The molecule has 0 unspecified atom stereocenters. The van der Waals surface area contributed by atoms with E-state index in [1.165, 1.54) is 6.21 Å². The van der Waals surface area contributed by atoms with Gasteiger partial charge in [0, 0.05) is 35.6 Å². The lowest BCUT2D eigenvalue weighted by Gasteiger charge is -2.22. The van der Waals surface area contributed by atoms with Gasteiger partial charge in [0.15, 0.2) is 0 Å². The standard InChI is InChI=1S/C26H21N3O4/c1-3-28(4-2)19-12-11-17-13-18(26(32)33-22(17)14-19)15-27-29-24(30)20-9-5-7-16-8-6-10-21(23(16)20)25(29)31/h5-15H,3-4H2,1-2H3/b27-15+. The zero-order chi connectivity index (χ0) is 23.1. The molecule has 33 heavy (non-hydrogen) atoms. The number of anilines is 1. The number of imide groups is 1. The van der Waals surface area contributed by atoms with Crippen LogP contribution in [0.25, 0.3) is 21.7 Å². The van der Waals surface area contributed by atoms with E-state index >= 15 is 0 Å². The van der Waals surface area contributed by atoms with Gasteiger partial charge in [-0.25, -0.2) is 4.79 Å². The summed E-state index contributed by atoms with van der Waals surface area (Å²) in [5, 5.41) is 7.03. The Kier molecular flexibility index (Phi) is 5.01. The number of benzene rings is 3. The first-order chi connectivity index (χ1) is 16.0. The van der Waals surface area contributed by atoms with Crippen LogP contribution >= 0.6 is 0 Å². The summed E-state index contributed by atoms with van der Waals surface area (Å²) in [5.41, 5.74) is 1.78. The van der Waals surface area contributed by atoms with Crippen LogP contribution in [0.3, 0.4) is 0 Å². The smallest absolute Gasteiger partial charge is 0.345 e. The lowest BCUT2D eigenvalue weighted by Crippen LogP contribution is -2.36. The van der Waals surface area contributed by atoms with Crippen molar-refractivity contribution in [1.29, 1.82) is 0 Å². The van der Waals surface area contributed by atoms with Gasteiger partial charge in [0.05, 0.1) is 22.9 Å². The molecular formula is C26H21N3O4. The summed E-state index contributed by atoms with van der Waals surface area (Å²) in [6.45, 7) is 5.80. The van der Waals surface area contributed by atoms with Gasteiger partial charge in [0.2, 0.25) is 0 Å². The van der Waals surface area contributed by atoms with Crippen molar-refractivity contribution in [3.8, 4) is 0 Å². The molecular weight excluding hydrogens is 418 g/mol. The minimum atomic E-state index is -0.595. The number of hydrogen-bond acceptors (Lipinski definition) is 6. The first kappa shape index (κ1) is 20.6. The Balaban J connectivity index is 1.51. The Morgan fingerprint density at radius 2 is 1.55 bits per heavy atom. The molecule has 3 aromatic carbocycles. The fraction of sp³-hybridized carbons (Fsp3) is 0.154. The summed E-state index contributed by atoms with van der Waals surface area (Å²) in [7, 11) is 0. The maximum Gasteiger partial charge on any atom is 0.345 e. The molecule has 1 aliphatic rings. The first-order valence-electron chi connectivity index (χ1n) is 10.8. The Hall–Kier alpha value is -4.26. The molecule has 0 bridgehead atoms. The Bertz CT molecular complexity index is 1460. The summed E-state index contributed by atoms with van der Waals surface area (Å²) >= 11 is 0. The predicted octanol–water partition coefficient (Wildman–Crippen LogP) is 4.42. The van der Waals surface area contributed by atoms with E-state index in [2.05, 4.69) is 23.8 Å². The summed E-state index contributed by atoms with van der Waals surface area (Å²) in [5.74, 6) is -1.07. The van der Waals surface area contributed by atoms with Gasteiger partial charge >= 0.3 is 5.63 Å². The zero-order valence-corrected chi connectivity index (χ0v) is 18.2. The highest BCUT2D eigenvalue weighted by Crippen LogP contribution is 2.30. The van der Waals surface area contributed by atoms with Gasteiger partial charge in [-0.1, -0.05) is 24.3 Å². The monoisotopic (exact) mass is 439 g/mol. The molecule has 7 heteroatoms. The number of fused-ring (bicyclic) bond motifs is 1. The zero-order valence-electron chi connectivity index (χ0n) is 18.2. The molecule has 2 heterocycles. The predicted molar refractivity (Wildman–Crippen MR) is 128 cm³/mol. The molecule has 0 fully saturated rings. The third kappa shape index (κ3) is 3.38. The normalized spacial score (nSPS) is 13.5. The maximum absolute atomic E-state index is 13.0. The average Bonchev–Trinajstić information content (AvgIpc) is 2.83. The highest BCUT2D eigenvalue weighted by molar-refractivity contribution is 6.25. The second kappa shape index (κ2) is 8.02. The lowest BCUT2D eigenvalue weighted by molar-refractivity contribution is 0.0616. The van der Waals surface area contributed by atoms with Gasteiger partial charge in [-0.2, -0.15) is 10.1 Å².